The zero-order chi connectivity index (χ0) is 16.0. The van der Waals surface area contributed by atoms with E-state index in [-0.39, 0.29) is 6.61 Å². The Balaban J connectivity index is 2.59. The lowest BCUT2D eigenvalue weighted by atomic mass is 10.2. The van der Waals surface area contributed by atoms with Gasteiger partial charge in [0.25, 0.3) is 0 Å². The molecular weight excluding hydrogens is 344 g/mol. The van der Waals surface area contributed by atoms with Crippen LogP contribution in [0.5, 0.6) is 0 Å². The van der Waals surface area contributed by atoms with Gasteiger partial charge in [-0.1, -0.05) is 65.1 Å². The first kappa shape index (κ1) is 17.8. The van der Waals surface area contributed by atoms with E-state index in [1.807, 2.05) is 5.32 Å². The van der Waals surface area contributed by atoms with Crippen LogP contribution in [0.15, 0.2) is 30.3 Å². The molecule has 6 nitrogen and oxygen atoms in total. The summed E-state index contributed by atoms with van der Waals surface area (Å²) in [6.07, 6.45) is -3.00. The molecule has 1 aromatic rings. The summed E-state index contributed by atoms with van der Waals surface area (Å²) >= 11 is 16.2. The van der Waals surface area contributed by atoms with Crippen LogP contribution in [0.4, 0.5) is 4.79 Å². The van der Waals surface area contributed by atoms with Crippen LogP contribution >= 0.6 is 34.8 Å². The van der Waals surface area contributed by atoms with Crippen molar-refractivity contribution in [2.24, 2.45) is 0 Å². The van der Waals surface area contributed by atoms with Crippen molar-refractivity contribution in [3.05, 3.63) is 35.9 Å². The fourth-order valence-electron chi connectivity index (χ4n) is 1.36. The Hall–Kier alpha value is -1.21. The van der Waals surface area contributed by atoms with E-state index in [9.17, 15) is 14.7 Å². The summed E-state index contributed by atoms with van der Waals surface area (Å²) in [4.78, 5) is 22.5. The molecule has 0 spiro atoms. The lowest BCUT2D eigenvalue weighted by Crippen LogP contribution is -2.53. The number of benzene rings is 1. The second-order valence-electron chi connectivity index (χ2n) is 4.01. The summed E-state index contributed by atoms with van der Waals surface area (Å²) in [6.45, 7) is -0.0666. The fraction of sp³-hybridized carbons (Fsp3) is 0.333. The molecule has 0 aliphatic rings. The van der Waals surface area contributed by atoms with Gasteiger partial charge in [0.05, 0.1) is 0 Å². The number of carbonyl (C=O) groups is 2. The van der Waals surface area contributed by atoms with Crippen molar-refractivity contribution < 1.29 is 24.5 Å². The van der Waals surface area contributed by atoms with E-state index in [4.69, 9.17) is 44.6 Å². The van der Waals surface area contributed by atoms with Crippen molar-refractivity contribution in [1.29, 1.82) is 0 Å². The minimum atomic E-state index is -2.27. The Labute approximate surface area is 135 Å². The maximum absolute atomic E-state index is 11.5. The third-order valence-corrected chi connectivity index (χ3v) is 3.07. The van der Waals surface area contributed by atoms with Crippen LogP contribution in [-0.4, -0.2) is 38.2 Å². The van der Waals surface area contributed by atoms with Crippen molar-refractivity contribution >= 4 is 46.9 Å². The van der Waals surface area contributed by atoms with Gasteiger partial charge in [-0.3, -0.25) is 0 Å². The fourth-order valence-corrected chi connectivity index (χ4v) is 1.73. The van der Waals surface area contributed by atoms with Crippen LogP contribution in [0, 0.1) is 0 Å². The van der Waals surface area contributed by atoms with Gasteiger partial charge in [0.1, 0.15) is 12.7 Å². The van der Waals surface area contributed by atoms with E-state index in [0.717, 1.165) is 0 Å². The number of carbonyl (C=O) groups excluding carboxylic acids is 1. The number of alkyl halides is 3. The highest BCUT2D eigenvalue weighted by atomic mass is 35.6. The van der Waals surface area contributed by atoms with Crippen molar-refractivity contribution in [2.45, 2.75) is 22.5 Å². The predicted molar refractivity (Wildman–Crippen MR) is 77.5 cm³/mol. The molecule has 0 saturated carbocycles. The number of aliphatic hydroxyl groups excluding tert-OH is 1. The van der Waals surface area contributed by atoms with Gasteiger partial charge in [0.2, 0.25) is 3.79 Å². The third-order valence-electron chi connectivity index (χ3n) is 2.40. The lowest BCUT2D eigenvalue weighted by Gasteiger charge is -2.25. The molecule has 1 aromatic carbocycles. The average molecular weight is 357 g/mol. The van der Waals surface area contributed by atoms with Gasteiger partial charge in [-0.05, 0) is 5.56 Å². The molecule has 0 heterocycles. The molecule has 1 rings (SSSR count). The van der Waals surface area contributed by atoms with Crippen molar-refractivity contribution in [2.75, 3.05) is 0 Å². The Bertz CT molecular complexity index is 491. The predicted octanol–water partition coefficient (Wildman–Crippen LogP) is 2.10. The maximum atomic E-state index is 11.5. The first-order valence-electron chi connectivity index (χ1n) is 5.66. The van der Waals surface area contributed by atoms with Gasteiger partial charge in [0, 0.05) is 0 Å². The average Bonchev–Trinajstić information content (AvgIpc) is 2.41. The highest BCUT2D eigenvalue weighted by Gasteiger charge is 2.42. The van der Waals surface area contributed by atoms with Gasteiger partial charge < -0.3 is 20.3 Å². The molecule has 0 fully saturated rings. The van der Waals surface area contributed by atoms with Gasteiger partial charge in [-0.15, -0.1) is 0 Å². The van der Waals surface area contributed by atoms with Gasteiger partial charge in [-0.2, -0.15) is 0 Å². The number of nitrogens with one attached hydrogen (secondary N) is 1. The Kier molecular flexibility index (Phi) is 6.54. The summed E-state index contributed by atoms with van der Waals surface area (Å²) in [5.74, 6) is -1.56. The van der Waals surface area contributed by atoms with Crippen LogP contribution < -0.4 is 5.32 Å². The molecule has 0 aliphatic carbocycles. The molecular formula is C12H12Cl3NO5. The number of hydrogen-bond donors (Lipinski definition) is 3. The molecule has 3 N–H and O–H groups in total. The standard InChI is InChI=1S/C12H12Cl3NO5/c13-12(14,15)9(17)8(10(18)19)16-11(20)21-6-7-4-2-1-3-5-7/h1-5,8-9,17H,6H2,(H,16,20)(H,18,19)/t8-,9-/m0/s1. The molecule has 2 atom stereocenters. The molecule has 116 valence electrons. The molecule has 9 heteroatoms. The normalized spacial score (nSPS) is 14.1. The second-order valence-corrected chi connectivity index (χ2v) is 6.38. The quantitative estimate of drug-likeness (QED) is 0.702. The summed E-state index contributed by atoms with van der Waals surface area (Å²) in [7, 11) is 0. The number of rotatable bonds is 5. The smallest absolute Gasteiger partial charge is 0.408 e. The van der Waals surface area contributed by atoms with Crippen LogP contribution in [0.1, 0.15) is 5.56 Å². The van der Waals surface area contributed by atoms with E-state index in [1.165, 1.54) is 0 Å². The lowest BCUT2D eigenvalue weighted by molar-refractivity contribution is -0.142. The number of hydrogen-bond acceptors (Lipinski definition) is 4. The molecule has 0 saturated heterocycles. The van der Waals surface area contributed by atoms with Crippen LogP contribution in [0.3, 0.4) is 0 Å². The molecule has 0 bridgehead atoms. The Morgan fingerprint density at radius 1 is 1.24 bits per heavy atom. The minimum absolute atomic E-state index is 0.0666. The first-order valence-corrected chi connectivity index (χ1v) is 6.80. The molecule has 0 unspecified atom stereocenters. The number of amides is 1. The molecule has 0 radical (unpaired) electrons. The monoisotopic (exact) mass is 355 g/mol. The van der Waals surface area contributed by atoms with Gasteiger partial charge in [0.15, 0.2) is 6.04 Å². The number of aliphatic carboxylic acids is 1. The zero-order valence-electron chi connectivity index (χ0n) is 10.5. The van der Waals surface area contributed by atoms with Gasteiger partial charge >= 0.3 is 12.1 Å². The number of alkyl carbamates (subject to hydrolysis) is 1. The highest BCUT2D eigenvalue weighted by Crippen LogP contribution is 2.32. The SMILES string of the molecule is O=C(N[C@H](C(=O)O)[C@H](O)C(Cl)(Cl)Cl)OCc1ccccc1. The van der Waals surface area contributed by atoms with E-state index in [2.05, 4.69) is 0 Å². The van der Waals surface area contributed by atoms with Crippen molar-refractivity contribution in [3.63, 3.8) is 0 Å². The van der Waals surface area contributed by atoms with Gasteiger partial charge in [-0.25, -0.2) is 9.59 Å². The molecule has 0 aliphatic heterocycles. The van der Waals surface area contributed by atoms with Crippen molar-refractivity contribution in [1.82, 2.24) is 5.32 Å². The summed E-state index contributed by atoms with van der Waals surface area (Å²) < 4.78 is 2.55. The summed E-state index contributed by atoms with van der Waals surface area (Å²) in [5, 5.41) is 20.5. The number of carboxylic acids is 1. The third kappa shape index (κ3) is 5.97. The highest BCUT2D eigenvalue weighted by molar-refractivity contribution is 6.68. The van der Waals surface area contributed by atoms with Crippen molar-refractivity contribution in [3.8, 4) is 0 Å². The van der Waals surface area contributed by atoms with Crippen LogP contribution in [0.25, 0.3) is 0 Å². The number of ether oxygens (including phenoxy) is 1. The first-order chi connectivity index (χ1) is 9.71. The molecule has 0 aromatic heterocycles. The Morgan fingerprint density at radius 2 is 1.81 bits per heavy atom. The number of aliphatic hydroxyl groups is 1. The topological polar surface area (TPSA) is 95.9 Å². The zero-order valence-corrected chi connectivity index (χ0v) is 12.8. The van der Waals surface area contributed by atoms with E-state index < -0.39 is 28.0 Å². The summed E-state index contributed by atoms with van der Waals surface area (Å²) in [6, 6.07) is 6.92. The number of carboxylic acid groups (broad SMARTS) is 1. The van der Waals surface area contributed by atoms with E-state index in [1.54, 1.807) is 30.3 Å². The Morgan fingerprint density at radius 3 is 2.29 bits per heavy atom. The largest absolute Gasteiger partial charge is 0.480 e. The molecule has 21 heavy (non-hydrogen) atoms. The maximum Gasteiger partial charge on any atom is 0.408 e. The minimum Gasteiger partial charge on any atom is -0.480 e. The second kappa shape index (κ2) is 7.70. The summed E-state index contributed by atoms with van der Waals surface area (Å²) in [5.41, 5.74) is 0.710. The van der Waals surface area contributed by atoms with Crippen LogP contribution in [0.2, 0.25) is 0 Å². The van der Waals surface area contributed by atoms with E-state index in [0.29, 0.717) is 5.56 Å². The van der Waals surface area contributed by atoms with Crippen LogP contribution in [-0.2, 0) is 16.1 Å². The molecule has 1 amide bonds. The van der Waals surface area contributed by atoms with E-state index >= 15 is 0 Å². The number of halogens is 3.